The molecule has 0 fully saturated rings. The van der Waals surface area contributed by atoms with Crippen LogP contribution < -0.4 is 4.21 Å². The number of hydrogen-bond donors (Lipinski definition) is 0. The molecule has 6 rings (SSSR count). The largest absolute Gasteiger partial charge is 0.256 e. The van der Waals surface area contributed by atoms with Gasteiger partial charge in [0.1, 0.15) is 0 Å². The van der Waals surface area contributed by atoms with Gasteiger partial charge in [-0.1, -0.05) is 72.8 Å². The Morgan fingerprint density at radius 1 is 0.351 bits per heavy atom. The number of benzene rings is 3. The van der Waals surface area contributed by atoms with E-state index in [9.17, 15) is 0 Å². The van der Waals surface area contributed by atoms with Crippen LogP contribution in [0.15, 0.2) is 158 Å². The molecule has 0 N–H and O–H groups in total. The van der Waals surface area contributed by atoms with Gasteiger partial charge in [0.05, 0.1) is 11.4 Å². The van der Waals surface area contributed by atoms with Crippen LogP contribution in [0.5, 0.6) is 0 Å². The quantitative estimate of drug-likeness (QED) is 0.199. The van der Waals surface area contributed by atoms with E-state index in [0.717, 1.165) is 32.4 Å². The van der Waals surface area contributed by atoms with Gasteiger partial charge in [-0.15, -0.1) is 0 Å². The molecule has 0 aliphatic heterocycles. The summed E-state index contributed by atoms with van der Waals surface area (Å²) in [7, 11) is 0. The van der Waals surface area contributed by atoms with Gasteiger partial charge in [0.25, 0.3) is 0 Å². The average molecular weight is 657 g/mol. The van der Waals surface area contributed by atoms with Crippen molar-refractivity contribution in [3.63, 3.8) is 0 Å². The molecule has 0 aliphatic rings. The predicted molar refractivity (Wildman–Crippen MR) is 149 cm³/mol. The van der Waals surface area contributed by atoms with Crippen molar-refractivity contribution in [1.29, 1.82) is 0 Å². The fourth-order valence-corrected chi connectivity index (χ4v) is 3.97. The van der Waals surface area contributed by atoms with Crippen LogP contribution in [0.2, 0.25) is 0 Å². The molecule has 0 saturated carbocycles. The van der Waals surface area contributed by atoms with E-state index >= 15 is 0 Å². The van der Waals surface area contributed by atoms with E-state index in [4.69, 9.17) is 0 Å². The van der Waals surface area contributed by atoms with E-state index in [1.54, 1.807) is 0 Å². The van der Waals surface area contributed by atoms with Crippen LogP contribution in [0.25, 0.3) is 33.8 Å². The molecular formula is C33H26IrN3. The predicted octanol–water partition coefficient (Wildman–Crippen LogP) is 7.42. The summed E-state index contributed by atoms with van der Waals surface area (Å²) in [5.74, 6) is 0. The summed E-state index contributed by atoms with van der Waals surface area (Å²) in [6.07, 6.45) is 3.62. The van der Waals surface area contributed by atoms with Crippen molar-refractivity contribution < 1.29 is 18.9 Å². The minimum atomic E-state index is 1.03. The molecular weight excluding hydrogens is 631 g/mol. The topological polar surface area (TPSA) is 38.7 Å². The zero-order chi connectivity index (χ0) is 25.5. The maximum Gasteiger partial charge on any atom is 0.0701 e. The van der Waals surface area contributed by atoms with Gasteiger partial charge < -0.3 is 0 Å². The van der Waals surface area contributed by atoms with E-state index in [1.807, 2.05) is 140 Å². The summed E-state index contributed by atoms with van der Waals surface area (Å²) in [5, 5.41) is 0. The Kier molecular flexibility index (Phi) is 10.0. The summed E-state index contributed by atoms with van der Waals surface area (Å²) in [6, 6.07) is 48.4. The van der Waals surface area contributed by atoms with Crippen LogP contribution in [0.4, 0.5) is 0 Å². The van der Waals surface area contributed by atoms with Gasteiger partial charge >= 0.3 is 87.9 Å². The molecule has 3 heterocycles. The normalized spacial score (nSPS) is 9.78. The first-order valence-corrected chi connectivity index (χ1v) is 13.1. The van der Waals surface area contributed by atoms with Crippen LogP contribution in [-0.4, -0.2) is 15.0 Å². The first-order valence-electron chi connectivity index (χ1n) is 11.9. The molecule has 6 aromatic rings. The maximum atomic E-state index is 4.44. The van der Waals surface area contributed by atoms with Crippen molar-refractivity contribution in [2.45, 2.75) is 0 Å². The molecule has 3 aromatic heterocycles. The molecule has 0 atom stereocenters. The second kappa shape index (κ2) is 14.4. The molecule has 0 amide bonds. The van der Waals surface area contributed by atoms with Gasteiger partial charge in [0.2, 0.25) is 0 Å². The van der Waals surface area contributed by atoms with E-state index < -0.39 is 0 Å². The summed E-state index contributed by atoms with van der Waals surface area (Å²) in [6.45, 7) is 0. The second-order valence-corrected chi connectivity index (χ2v) is 9.08. The minimum absolute atomic E-state index is 1.03. The van der Waals surface area contributed by atoms with Crippen LogP contribution in [-0.2, 0) is 18.9 Å². The van der Waals surface area contributed by atoms with Crippen molar-refractivity contribution in [2.75, 3.05) is 0 Å². The van der Waals surface area contributed by atoms with E-state index in [0.29, 0.717) is 0 Å². The summed E-state index contributed by atoms with van der Waals surface area (Å²) >= 11 is 2.01. The summed E-state index contributed by atoms with van der Waals surface area (Å²) < 4.78 is 1.06. The van der Waals surface area contributed by atoms with E-state index in [1.165, 1.54) is 5.56 Å². The Balaban J connectivity index is 0.000000130. The average Bonchev–Trinajstić information content (AvgIpc) is 3.00. The van der Waals surface area contributed by atoms with Crippen LogP contribution in [0, 0.1) is 0 Å². The van der Waals surface area contributed by atoms with E-state index in [-0.39, 0.29) is 0 Å². The zero-order valence-corrected chi connectivity index (χ0v) is 22.6. The van der Waals surface area contributed by atoms with Crippen LogP contribution in [0.3, 0.4) is 0 Å². The third-order valence-electron chi connectivity index (χ3n) is 5.24. The van der Waals surface area contributed by atoms with E-state index in [2.05, 4.69) is 51.4 Å². The summed E-state index contributed by atoms with van der Waals surface area (Å²) in [5.41, 5.74) is 6.60. The first kappa shape index (κ1) is 25.8. The van der Waals surface area contributed by atoms with Crippen molar-refractivity contribution >= 4 is 4.21 Å². The van der Waals surface area contributed by atoms with Gasteiger partial charge in [-0.3, -0.25) is 9.97 Å². The Morgan fingerprint density at radius 3 is 1.11 bits per heavy atom. The Labute approximate surface area is 229 Å². The molecule has 0 radical (unpaired) electrons. The Bertz CT molecular complexity index is 1300. The molecule has 3 nitrogen and oxygen atoms in total. The van der Waals surface area contributed by atoms with Gasteiger partial charge in [-0.25, -0.2) is 0 Å². The van der Waals surface area contributed by atoms with Crippen molar-refractivity contribution in [2.24, 2.45) is 0 Å². The molecule has 0 unspecified atom stereocenters. The van der Waals surface area contributed by atoms with Gasteiger partial charge in [0.15, 0.2) is 0 Å². The molecule has 0 spiro atoms. The molecule has 4 heteroatoms. The number of hydrogen-bond acceptors (Lipinski definition) is 3. The number of nitrogens with zero attached hydrogens (tertiary/aromatic N) is 3. The van der Waals surface area contributed by atoms with Crippen molar-refractivity contribution in [3.8, 4) is 33.8 Å². The minimum Gasteiger partial charge on any atom is -0.256 e. The Morgan fingerprint density at radius 2 is 0.730 bits per heavy atom. The third kappa shape index (κ3) is 8.43. The van der Waals surface area contributed by atoms with Crippen molar-refractivity contribution in [3.05, 3.63) is 158 Å². The third-order valence-corrected chi connectivity index (χ3v) is 5.91. The standard InChI is InChI=1S/2C11H9N.C11H8N.Ir/c3*1-2-6-10(7-3-1)11-8-4-5-9-12-11;/h2*1-9H;1-8H;. The molecule has 182 valence electrons. The Hall–Kier alpha value is -4.24. The molecule has 0 aliphatic carbocycles. The first-order chi connectivity index (χ1) is 18.3. The van der Waals surface area contributed by atoms with Crippen LogP contribution in [0.1, 0.15) is 0 Å². The molecule has 3 aromatic carbocycles. The summed E-state index contributed by atoms with van der Waals surface area (Å²) in [4.78, 5) is 12.9. The maximum absolute atomic E-state index is 4.44. The van der Waals surface area contributed by atoms with Gasteiger partial charge in [-0.05, 0) is 24.3 Å². The van der Waals surface area contributed by atoms with Gasteiger partial charge in [-0.2, -0.15) is 0 Å². The number of rotatable bonds is 3. The smallest absolute Gasteiger partial charge is 0.0701 e. The number of aromatic nitrogens is 3. The fraction of sp³-hybridized carbons (Fsp3) is 0. The van der Waals surface area contributed by atoms with Crippen LogP contribution >= 0.6 is 0 Å². The number of pyridine rings is 3. The second-order valence-electron chi connectivity index (χ2n) is 7.85. The molecule has 0 bridgehead atoms. The SMILES string of the molecule is [Ir][c]1cccc(-c2ccccc2)n1.c1ccc(-c2ccccn2)cc1.c1ccc(-c2ccccn2)cc1. The fourth-order valence-electron chi connectivity index (χ4n) is 3.45. The molecule has 37 heavy (non-hydrogen) atoms. The zero-order valence-electron chi connectivity index (χ0n) is 20.2. The monoisotopic (exact) mass is 657 g/mol. The molecule has 0 saturated heterocycles. The van der Waals surface area contributed by atoms with Gasteiger partial charge in [0, 0.05) is 23.5 Å². The van der Waals surface area contributed by atoms with Crippen molar-refractivity contribution in [1.82, 2.24) is 15.0 Å².